The number of rotatable bonds is 2. The van der Waals surface area contributed by atoms with Gasteiger partial charge in [-0.1, -0.05) is 0 Å². The van der Waals surface area contributed by atoms with Crippen molar-refractivity contribution in [1.82, 2.24) is 14.7 Å². The highest BCUT2D eigenvalue weighted by molar-refractivity contribution is 7.89. The Morgan fingerprint density at radius 3 is 2.68 bits per heavy atom. The van der Waals surface area contributed by atoms with Gasteiger partial charge in [-0.15, -0.1) is 0 Å². The summed E-state index contributed by atoms with van der Waals surface area (Å²) in [4.78, 5) is 17.5. The van der Waals surface area contributed by atoms with E-state index < -0.39 is 10.0 Å². The summed E-state index contributed by atoms with van der Waals surface area (Å²) >= 11 is 0. The highest BCUT2D eigenvalue weighted by Crippen LogP contribution is 2.23. The Morgan fingerprint density at radius 2 is 1.95 bits per heavy atom. The van der Waals surface area contributed by atoms with E-state index in [2.05, 4.69) is 14.7 Å². The van der Waals surface area contributed by atoms with Gasteiger partial charge >= 0.3 is 0 Å². The molecule has 98 valence electrons. The molecule has 2 heterocycles. The Balaban J connectivity index is 2.46. The van der Waals surface area contributed by atoms with Crippen molar-refractivity contribution in [2.24, 2.45) is 0 Å². The van der Waals surface area contributed by atoms with Gasteiger partial charge in [-0.25, -0.2) is 13.1 Å². The van der Waals surface area contributed by atoms with Crippen molar-refractivity contribution >= 4 is 31.8 Å². The van der Waals surface area contributed by atoms with Crippen LogP contribution in [0.1, 0.15) is 0 Å². The number of fused-ring (bicyclic) bond motifs is 3. The summed E-state index contributed by atoms with van der Waals surface area (Å²) in [6.07, 6.45) is 1.65. The van der Waals surface area contributed by atoms with Crippen LogP contribution in [0.5, 0.6) is 0 Å². The Labute approximate surface area is 108 Å². The lowest BCUT2D eigenvalue weighted by molar-refractivity contribution is 0.588. The van der Waals surface area contributed by atoms with Gasteiger partial charge in [0, 0.05) is 22.5 Å². The molecule has 0 saturated carbocycles. The van der Waals surface area contributed by atoms with Crippen molar-refractivity contribution in [3.8, 4) is 0 Å². The van der Waals surface area contributed by atoms with Crippen molar-refractivity contribution in [1.29, 1.82) is 0 Å². The van der Waals surface area contributed by atoms with Gasteiger partial charge in [0.1, 0.15) is 5.52 Å². The van der Waals surface area contributed by atoms with Crippen LogP contribution in [0.3, 0.4) is 0 Å². The summed E-state index contributed by atoms with van der Waals surface area (Å²) in [6, 6.07) is 6.35. The minimum atomic E-state index is -3.50. The lowest BCUT2D eigenvalue weighted by atomic mass is 10.1. The highest BCUT2D eigenvalue weighted by atomic mass is 32.2. The number of pyridine rings is 1. The molecule has 3 N–H and O–H groups in total. The fourth-order valence-electron chi connectivity index (χ4n) is 2.11. The van der Waals surface area contributed by atoms with Gasteiger partial charge in [0.25, 0.3) is 5.56 Å². The zero-order chi connectivity index (χ0) is 13.6. The molecule has 0 aliphatic carbocycles. The highest BCUT2D eigenvalue weighted by Gasteiger charge is 2.13. The molecule has 0 saturated heterocycles. The molecule has 19 heavy (non-hydrogen) atoms. The predicted octanol–water partition coefficient (Wildman–Crippen LogP) is 0.917. The second kappa shape index (κ2) is 3.94. The van der Waals surface area contributed by atoms with Crippen molar-refractivity contribution in [3.63, 3.8) is 0 Å². The summed E-state index contributed by atoms with van der Waals surface area (Å²) in [6.45, 7) is 0. The number of H-pyrrole nitrogens is 2. The lowest BCUT2D eigenvalue weighted by Gasteiger charge is -2.05. The van der Waals surface area contributed by atoms with Crippen LogP contribution in [-0.2, 0) is 10.0 Å². The molecule has 3 rings (SSSR count). The molecular formula is C12H11N3O3S. The van der Waals surface area contributed by atoms with Crippen molar-refractivity contribution < 1.29 is 8.42 Å². The van der Waals surface area contributed by atoms with Crippen LogP contribution in [0.25, 0.3) is 21.8 Å². The third kappa shape index (κ3) is 1.74. The molecule has 6 nitrogen and oxygen atoms in total. The van der Waals surface area contributed by atoms with E-state index in [0.717, 1.165) is 0 Å². The van der Waals surface area contributed by atoms with E-state index in [-0.39, 0.29) is 10.5 Å². The largest absolute Gasteiger partial charge is 0.357 e. The van der Waals surface area contributed by atoms with Gasteiger partial charge in [0.05, 0.1) is 4.90 Å². The first kappa shape index (κ1) is 11.9. The maximum absolute atomic E-state index is 11.8. The smallest absolute Gasteiger partial charge is 0.272 e. The number of hydrogen-bond acceptors (Lipinski definition) is 3. The molecule has 0 bridgehead atoms. The summed E-state index contributed by atoms with van der Waals surface area (Å²) in [7, 11) is -2.14. The Morgan fingerprint density at radius 1 is 1.16 bits per heavy atom. The molecule has 0 aliphatic rings. The van der Waals surface area contributed by atoms with E-state index in [1.807, 2.05) is 0 Å². The van der Waals surface area contributed by atoms with E-state index >= 15 is 0 Å². The number of aromatic amines is 2. The zero-order valence-corrected chi connectivity index (χ0v) is 10.8. The predicted molar refractivity (Wildman–Crippen MR) is 72.7 cm³/mol. The van der Waals surface area contributed by atoms with Crippen LogP contribution in [0.15, 0.2) is 40.2 Å². The molecule has 0 fully saturated rings. The minimum Gasteiger partial charge on any atom is -0.357 e. The molecule has 0 aliphatic heterocycles. The quantitative estimate of drug-likeness (QED) is 0.650. The third-order valence-electron chi connectivity index (χ3n) is 3.08. The van der Waals surface area contributed by atoms with E-state index in [9.17, 15) is 13.2 Å². The first-order chi connectivity index (χ1) is 9.03. The number of nitrogens with one attached hydrogen (secondary N) is 3. The van der Waals surface area contributed by atoms with E-state index in [1.165, 1.54) is 13.1 Å². The van der Waals surface area contributed by atoms with Gasteiger partial charge in [-0.05, 0) is 31.3 Å². The zero-order valence-electron chi connectivity index (χ0n) is 10.0. The molecule has 7 heteroatoms. The van der Waals surface area contributed by atoms with Gasteiger partial charge in [0.2, 0.25) is 10.0 Å². The van der Waals surface area contributed by atoms with Gasteiger partial charge in [-0.3, -0.25) is 4.79 Å². The molecular weight excluding hydrogens is 266 g/mol. The van der Waals surface area contributed by atoms with Crippen LogP contribution in [0, 0.1) is 0 Å². The average molecular weight is 277 g/mol. The van der Waals surface area contributed by atoms with E-state index in [1.54, 1.807) is 24.4 Å². The molecule has 0 atom stereocenters. The normalized spacial score (nSPS) is 12.3. The topological polar surface area (TPSA) is 94.8 Å². The molecule has 1 aromatic carbocycles. The van der Waals surface area contributed by atoms with Crippen LogP contribution in [-0.4, -0.2) is 25.4 Å². The summed E-state index contributed by atoms with van der Waals surface area (Å²) in [5.41, 5.74) is 0.815. The summed E-state index contributed by atoms with van der Waals surface area (Å²) in [5, 5.41) is 1.39. The van der Waals surface area contributed by atoms with Crippen LogP contribution in [0.2, 0.25) is 0 Å². The Hall–Kier alpha value is -2.12. The van der Waals surface area contributed by atoms with Gasteiger partial charge < -0.3 is 9.97 Å². The number of aromatic nitrogens is 2. The first-order valence-corrected chi connectivity index (χ1v) is 7.08. The SMILES string of the molecule is CNS(=O)(=O)c1ccc2[nH]c(=O)c3[nH]ccc3c2c1. The fourth-order valence-corrected chi connectivity index (χ4v) is 2.86. The Kier molecular flexibility index (Phi) is 2.48. The van der Waals surface area contributed by atoms with Crippen LogP contribution in [0.4, 0.5) is 0 Å². The van der Waals surface area contributed by atoms with Crippen LogP contribution >= 0.6 is 0 Å². The van der Waals surface area contributed by atoms with Gasteiger partial charge in [-0.2, -0.15) is 0 Å². The lowest BCUT2D eigenvalue weighted by Crippen LogP contribution is -2.18. The Bertz CT molecular complexity index is 938. The first-order valence-electron chi connectivity index (χ1n) is 5.59. The molecule has 0 radical (unpaired) electrons. The van der Waals surface area contributed by atoms with Gasteiger partial charge in [0.15, 0.2) is 0 Å². The molecule has 3 aromatic rings. The van der Waals surface area contributed by atoms with Crippen molar-refractivity contribution in [2.75, 3.05) is 7.05 Å². The monoisotopic (exact) mass is 277 g/mol. The summed E-state index contributed by atoms with van der Waals surface area (Å²) < 4.78 is 25.9. The van der Waals surface area contributed by atoms with Crippen LogP contribution < -0.4 is 10.3 Å². The summed E-state index contributed by atoms with van der Waals surface area (Å²) in [5.74, 6) is 0. The number of benzene rings is 1. The van der Waals surface area contributed by atoms with E-state index in [4.69, 9.17) is 0 Å². The fraction of sp³-hybridized carbons (Fsp3) is 0.0833. The molecule has 0 amide bonds. The third-order valence-corrected chi connectivity index (χ3v) is 4.49. The second-order valence-corrected chi connectivity index (χ2v) is 6.02. The standard InChI is InChI=1S/C12H11N3O3S/c1-13-19(17,18)7-2-3-10-9(6-7)8-4-5-14-11(8)12(16)15-10/h2-6,13-14H,1H3,(H,15,16). The average Bonchev–Trinajstić information content (AvgIpc) is 2.88. The number of hydrogen-bond donors (Lipinski definition) is 3. The van der Waals surface area contributed by atoms with Crippen molar-refractivity contribution in [2.45, 2.75) is 4.90 Å². The molecule has 0 unspecified atom stereocenters. The minimum absolute atomic E-state index is 0.164. The molecule has 2 aromatic heterocycles. The van der Waals surface area contributed by atoms with Crippen molar-refractivity contribution in [3.05, 3.63) is 40.8 Å². The van der Waals surface area contributed by atoms with E-state index in [0.29, 0.717) is 21.8 Å². The maximum Gasteiger partial charge on any atom is 0.272 e. The second-order valence-electron chi connectivity index (χ2n) is 4.14. The maximum atomic E-state index is 11.8. The number of sulfonamides is 1. The molecule has 0 spiro atoms.